The number of allylic oxidation sites excluding steroid dienone is 1. The molecule has 4 aliphatic rings. The monoisotopic (exact) mass is 392 g/mol. The number of Topliss-reactive ketones (excluding diaryl/α,β-unsaturated/α-hetero) is 1. The lowest BCUT2D eigenvalue weighted by molar-refractivity contribution is -0.128. The van der Waals surface area contributed by atoms with Crippen LogP contribution in [-0.4, -0.2) is 16.9 Å². The zero-order valence-electron chi connectivity index (χ0n) is 14.9. The highest BCUT2D eigenvalue weighted by Crippen LogP contribution is 2.67. The highest BCUT2D eigenvalue weighted by atomic mass is 79.9. The quantitative estimate of drug-likeness (QED) is 0.612. The van der Waals surface area contributed by atoms with Crippen molar-refractivity contribution in [1.82, 2.24) is 0 Å². The Labute approximate surface area is 154 Å². The third-order valence-electron chi connectivity index (χ3n) is 8.42. The van der Waals surface area contributed by atoms with Gasteiger partial charge in [0.15, 0.2) is 5.78 Å². The van der Waals surface area contributed by atoms with Crippen molar-refractivity contribution in [2.75, 3.05) is 5.33 Å². The summed E-state index contributed by atoms with van der Waals surface area (Å²) in [6.07, 6.45) is 10.8. The van der Waals surface area contributed by atoms with Crippen LogP contribution in [0.4, 0.5) is 0 Å². The molecule has 0 aromatic heterocycles. The number of fused-ring (bicyclic) bond motifs is 5. The fourth-order valence-corrected chi connectivity index (χ4v) is 8.34. The summed E-state index contributed by atoms with van der Waals surface area (Å²) >= 11 is 3.84. The van der Waals surface area contributed by atoms with Crippen LogP contribution < -0.4 is 0 Å². The smallest absolute Gasteiger partial charge is 0.155 e. The van der Waals surface area contributed by atoms with Gasteiger partial charge in [0.2, 0.25) is 0 Å². The van der Waals surface area contributed by atoms with Gasteiger partial charge in [0.1, 0.15) is 5.78 Å². The standard InChI is InChI=1S/C21H29BrO2/c1-13(23)17-5-6-18-16-4-3-14-11-15(24)7-10-21(14,12-22)19(16)8-9-20(17,18)2/h11,16-19H,3-10,12H2,1-2H3/t16-,17+,18-,19-,20+,21-/m0/s1. The summed E-state index contributed by atoms with van der Waals surface area (Å²) in [5, 5.41) is 1.000. The molecule has 4 aliphatic carbocycles. The summed E-state index contributed by atoms with van der Waals surface area (Å²) in [6, 6.07) is 0. The van der Waals surface area contributed by atoms with Crippen LogP contribution in [0.5, 0.6) is 0 Å². The molecule has 0 spiro atoms. The van der Waals surface area contributed by atoms with E-state index in [9.17, 15) is 9.59 Å². The number of rotatable bonds is 2. The fraction of sp³-hybridized carbons (Fsp3) is 0.810. The SMILES string of the molecule is CC(=O)[C@H]1CC[C@H]2[C@@H]3CCC4=CC(=O)CC[C@@]4(CBr)[C@H]3CC[C@]12C. The Morgan fingerprint density at radius 1 is 1.17 bits per heavy atom. The Morgan fingerprint density at radius 2 is 1.96 bits per heavy atom. The number of carbonyl (C=O) groups is 2. The van der Waals surface area contributed by atoms with Gasteiger partial charge in [0.05, 0.1) is 0 Å². The maximum Gasteiger partial charge on any atom is 0.155 e. The molecule has 4 rings (SSSR count). The van der Waals surface area contributed by atoms with Crippen molar-refractivity contribution in [3.05, 3.63) is 11.6 Å². The summed E-state index contributed by atoms with van der Waals surface area (Å²) in [6.45, 7) is 4.21. The summed E-state index contributed by atoms with van der Waals surface area (Å²) in [7, 11) is 0. The van der Waals surface area contributed by atoms with Crippen LogP contribution in [0.1, 0.15) is 65.2 Å². The zero-order chi connectivity index (χ0) is 17.1. The maximum absolute atomic E-state index is 12.2. The molecule has 3 fully saturated rings. The average Bonchev–Trinajstić information content (AvgIpc) is 2.91. The average molecular weight is 393 g/mol. The number of hydrogen-bond acceptors (Lipinski definition) is 2. The molecular weight excluding hydrogens is 364 g/mol. The second-order valence-corrected chi connectivity index (χ2v) is 9.69. The van der Waals surface area contributed by atoms with Crippen LogP contribution in [0.15, 0.2) is 11.6 Å². The molecule has 0 saturated heterocycles. The van der Waals surface area contributed by atoms with Crippen LogP contribution in [0.25, 0.3) is 0 Å². The van der Waals surface area contributed by atoms with Gasteiger partial charge in [-0.05, 0) is 81.1 Å². The molecule has 132 valence electrons. The minimum Gasteiger partial charge on any atom is -0.300 e. The van der Waals surface area contributed by atoms with Gasteiger partial charge in [-0.15, -0.1) is 0 Å². The molecule has 0 unspecified atom stereocenters. The minimum absolute atomic E-state index is 0.215. The van der Waals surface area contributed by atoms with Crippen LogP contribution in [0.2, 0.25) is 0 Å². The van der Waals surface area contributed by atoms with Crippen molar-refractivity contribution >= 4 is 27.5 Å². The lowest BCUT2D eigenvalue weighted by Gasteiger charge is -2.58. The predicted octanol–water partition coefficient (Wildman–Crippen LogP) is 5.10. The van der Waals surface area contributed by atoms with E-state index < -0.39 is 0 Å². The van der Waals surface area contributed by atoms with Gasteiger partial charge >= 0.3 is 0 Å². The molecule has 0 aliphatic heterocycles. The van der Waals surface area contributed by atoms with Gasteiger partial charge in [-0.3, -0.25) is 9.59 Å². The summed E-state index contributed by atoms with van der Waals surface area (Å²) in [5.41, 5.74) is 1.88. The van der Waals surface area contributed by atoms with E-state index in [-0.39, 0.29) is 16.7 Å². The highest BCUT2D eigenvalue weighted by Gasteiger charge is 2.60. The summed E-state index contributed by atoms with van der Waals surface area (Å²) in [4.78, 5) is 24.2. The first-order valence-electron chi connectivity index (χ1n) is 9.72. The van der Waals surface area contributed by atoms with Gasteiger partial charge < -0.3 is 0 Å². The number of hydrogen-bond donors (Lipinski definition) is 0. The molecule has 0 radical (unpaired) electrons. The molecule has 0 aromatic rings. The van der Waals surface area contributed by atoms with Gasteiger partial charge in [0, 0.05) is 23.1 Å². The van der Waals surface area contributed by atoms with Crippen molar-refractivity contribution in [3.8, 4) is 0 Å². The molecule has 2 nitrogen and oxygen atoms in total. The Hall–Kier alpha value is -0.440. The number of ketones is 2. The van der Waals surface area contributed by atoms with E-state index in [1.165, 1.54) is 31.3 Å². The summed E-state index contributed by atoms with van der Waals surface area (Å²) in [5.74, 6) is 3.18. The van der Waals surface area contributed by atoms with Crippen molar-refractivity contribution in [3.63, 3.8) is 0 Å². The molecule has 3 saturated carbocycles. The van der Waals surface area contributed by atoms with Crippen molar-refractivity contribution in [2.24, 2.45) is 34.5 Å². The number of halogens is 1. The maximum atomic E-state index is 12.2. The first-order chi connectivity index (χ1) is 11.4. The Bertz CT molecular complexity index is 609. The highest BCUT2D eigenvalue weighted by molar-refractivity contribution is 9.09. The van der Waals surface area contributed by atoms with Crippen molar-refractivity contribution in [1.29, 1.82) is 0 Å². The second-order valence-electron chi connectivity index (χ2n) is 9.13. The molecular formula is C21H29BrO2. The third kappa shape index (κ3) is 2.19. The molecule has 6 atom stereocenters. The molecule has 3 heteroatoms. The largest absolute Gasteiger partial charge is 0.300 e. The molecule has 0 aromatic carbocycles. The van der Waals surface area contributed by atoms with Crippen molar-refractivity contribution < 1.29 is 9.59 Å². The lowest BCUT2D eigenvalue weighted by Crippen LogP contribution is -2.52. The molecule has 24 heavy (non-hydrogen) atoms. The van der Waals surface area contributed by atoms with E-state index in [0.29, 0.717) is 23.4 Å². The van der Waals surface area contributed by atoms with E-state index >= 15 is 0 Å². The van der Waals surface area contributed by atoms with Gasteiger partial charge in [-0.25, -0.2) is 0 Å². The summed E-state index contributed by atoms with van der Waals surface area (Å²) < 4.78 is 0. The van der Waals surface area contributed by atoms with Crippen LogP contribution in [-0.2, 0) is 9.59 Å². The predicted molar refractivity (Wildman–Crippen MR) is 99.0 cm³/mol. The van der Waals surface area contributed by atoms with Crippen molar-refractivity contribution in [2.45, 2.75) is 65.2 Å². The van der Waals surface area contributed by atoms with E-state index in [4.69, 9.17) is 0 Å². The first kappa shape index (κ1) is 17.0. The molecule has 0 amide bonds. The van der Waals surface area contributed by atoms with E-state index in [1.807, 2.05) is 6.08 Å². The first-order valence-corrected chi connectivity index (χ1v) is 10.8. The Balaban J connectivity index is 1.69. The molecule has 0 heterocycles. The normalized spacial score (nSPS) is 47.5. The number of alkyl halides is 1. The van der Waals surface area contributed by atoms with E-state index in [2.05, 4.69) is 22.9 Å². The lowest BCUT2D eigenvalue weighted by atomic mass is 9.46. The van der Waals surface area contributed by atoms with E-state index in [1.54, 1.807) is 6.92 Å². The Kier molecular flexibility index (Phi) is 4.10. The van der Waals surface area contributed by atoms with Crippen LogP contribution >= 0.6 is 15.9 Å². The minimum atomic E-state index is 0.215. The number of carbonyl (C=O) groups excluding carboxylic acids is 2. The van der Waals surface area contributed by atoms with E-state index in [0.717, 1.165) is 36.9 Å². The molecule has 0 N–H and O–H groups in total. The topological polar surface area (TPSA) is 34.1 Å². The molecule has 0 bridgehead atoms. The zero-order valence-corrected chi connectivity index (χ0v) is 16.5. The van der Waals surface area contributed by atoms with Gasteiger partial charge in [-0.1, -0.05) is 28.4 Å². The second kappa shape index (κ2) is 5.79. The van der Waals surface area contributed by atoms with Crippen LogP contribution in [0, 0.1) is 34.5 Å². The van der Waals surface area contributed by atoms with Crippen LogP contribution in [0.3, 0.4) is 0 Å². The van der Waals surface area contributed by atoms with Gasteiger partial charge in [0.25, 0.3) is 0 Å². The third-order valence-corrected chi connectivity index (χ3v) is 9.42. The Morgan fingerprint density at radius 3 is 2.67 bits per heavy atom. The van der Waals surface area contributed by atoms with Gasteiger partial charge in [-0.2, -0.15) is 0 Å². The fourth-order valence-electron chi connectivity index (χ4n) is 7.28.